The Bertz CT molecular complexity index is 1130. The van der Waals surface area contributed by atoms with Gasteiger partial charge in [0.1, 0.15) is 17.2 Å². The fourth-order valence-corrected chi connectivity index (χ4v) is 3.92. The third kappa shape index (κ3) is 5.05. The maximum Gasteiger partial charge on any atom is 0.260 e. The highest BCUT2D eigenvalue weighted by atomic mass is 16.5. The third-order valence-electron chi connectivity index (χ3n) is 5.27. The molecular weight excluding hydrogens is 386 g/mol. The Hall–Kier alpha value is -3.34. The summed E-state index contributed by atoms with van der Waals surface area (Å²) < 4.78 is 8.11. The van der Waals surface area contributed by atoms with Crippen molar-refractivity contribution >= 4 is 11.0 Å². The number of benzene rings is 1. The number of hydrogen-bond acceptors (Lipinski definition) is 3. The number of ether oxygens (including phenoxy) is 1. The Morgan fingerprint density at radius 3 is 2.55 bits per heavy atom. The van der Waals surface area contributed by atoms with Crippen LogP contribution in [0, 0.1) is 0 Å². The zero-order valence-corrected chi connectivity index (χ0v) is 18.6. The third-order valence-corrected chi connectivity index (χ3v) is 5.27. The molecule has 0 bridgehead atoms. The molecule has 0 atom stereocenters. The molecule has 31 heavy (non-hydrogen) atoms. The van der Waals surface area contributed by atoms with E-state index in [1.165, 1.54) is 6.33 Å². The summed E-state index contributed by atoms with van der Waals surface area (Å²) in [5.41, 5.74) is 2.48. The minimum absolute atomic E-state index is 0.116. The lowest BCUT2D eigenvalue weighted by molar-refractivity contribution is 0.436. The van der Waals surface area contributed by atoms with Crippen LogP contribution < -0.4 is 10.3 Å². The van der Waals surface area contributed by atoms with Crippen LogP contribution in [0.1, 0.15) is 52.5 Å². The lowest BCUT2D eigenvalue weighted by Gasteiger charge is -2.18. The van der Waals surface area contributed by atoms with Gasteiger partial charge in [0.05, 0.1) is 11.7 Å². The van der Waals surface area contributed by atoms with E-state index in [1.54, 1.807) is 6.08 Å². The number of aromatic nitrogens is 3. The molecule has 0 aliphatic heterocycles. The molecular formula is C26H31N3O2. The van der Waals surface area contributed by atoms with Crippen LogP contribution in [0.2, 0.25) is 0 Å². The summed E-state index contributed by atoms with van der Waals surface area (Å²) in [6.07, 6.45) is 15.2. The molecule has 1 aromatic carbocycles. The summed E-state index contributed by atoms with van der Waals surface area (Å²) in [4.78, 5) is 20.0. The van der Waals surface area contributed by atoms with Crippen LogP contribution in [0.5, 0.6) is 5.75 Å². The summed E-state index contributed by atoms with van der Waals surface area (Å²) in [5, 5.41) is 0.634. The monoisotopic (exact) mass is 417 g/mol. The minimum atomic E-state index is -0.116. The predicted molar refractivity (Wildman–Crippen MR) is 128 cm³/mol. The zero-order chi connectivity index (χ0) is 22.2. The number of H-pyrrole nitrogens is 1. The molecule has 0 fully saturated rings. The fourth-order valence-electron chi connectivity index (χ4n) is 3.92. The number of hydrogen-bond donors (Lipinski definition) is 1. The molecule has 5 nitrogen and oxygen atoms in total. The molecule has 0 aliphatic carbocycles. The number of aromatic amines is 1. The summed E-state index contributed by atoms with van der Waals surface area (Å²) in [6.45, 7) is 10.0. The maximum absolute atomic E-state index is 12.7. The average Bonchev–Trinajstić information content (AvgIpc) is 3.15. The highest BCUT2D eigenvalue weighted by Gasteiger charge is 2.19. The van der Waals surface area contributed by atoms with Crippen LogP contribution in [-0.4, -0.2) is 14.5 Å². The van der Waals surface area contributed by atoms with Crippen LogP contribution in [-0.2, 0) is 0 Å². The molecule has 0 spiro atoms. The first-order valence-electron chi connectivity index (χ1n) is 10.9. The van der Waals surface area contributed by atoms with E-state index in [4.69, 9.17) is 4.74 Å². The largest absolute Gasteiger partial charge is 0.457 e. The molecule has 5 heteroatoms. The van der Waals surface area contributed by atoms with Gasteiger partial charge < -0.3 is 14.3 Å². The molecule has 162 valence electrons. The standard InChI is InChI=1S/C26H31N3O2/c1-5-9-20(10-6-2)29-17-23(24-25(29)27-18-28-26(24)30)19-13-15-22(16-14-19)31-21(11-7-3)12-8-4/h7-8,11-18,20H,3,5-6,9-10H2,1-2,4H3,(H,27,28,30)/b12-8-,21-11+. The van der Waals surface area contributed by atoms with Gasteiger partial charge in [0.25, 0.3) is 5.56 Å². The molecule has 2 aromatic heterocycles. The summed E-state index contributed by atoms with van der Waals surface area (Å²) in [7, 11) is 0. The number of fused-ring (bicyclic) bond motifs is 1. The van der Waals surface area contributed by atoms with Crippen molar-refractivity contribution in [1.82, 2.24) is 14.5 Å². The highest BCUT2D eigenvalue weighted by Crippen LogP contribution is 2.33. The van der Waals surface area contributed by atoms with Crippen molar-refractivity contribution in [2.24, 2.45) is 0 Å². The Labute approximate surface area is 183 Å². The molecule has 0 saturated carbocycles. The van der Waals surface area contributed by atoms with Crippen molar-refractivity contribution in [2.45, 2.75) is 52.5 Å². The Kier molecular flexibility index (Phi) is 7.65. The summed E-state index contributed by atoms with van der Waals surface area (Å²) in [5.74, 6) is 1.44. The van der Waals surface area contributed by atoms with Crippen molar-refractivity contribution < 1.29 is 4.74 Å². The van der Waals surface area contributed by atoms with Crippen LogP contribution in [0.3, 0.4) is 0 Å². The molecule has 0 amide bonds. The van der Waals surface area contributed by atoms with E-state index < -0.39 is 0 Å². The topological polar surface area (TPSA) is 59.9 Å². The van der Waals surface area contributed by atoms with Crippen LogP contribution in [0.25, 0.3) is 22.2 Å². The molecule has 0 aliphatic rings. The molecule has 2 heterocycles. The Balaban J connectivity index is 2.04. The first-order valence-corrected chi connectivity index (χ1v) is 10.9. The molecule has 0 unspecified atom stereocenters. The van der Waals surface area contributed by atoms with Crippen molar-refractivity contribution in [3.05, 3.63) is 83.8 Å². The van der Waals surface area contributed by atoms with Gasteiger partial charge >= 0.3 is 0 Å². The number of rotatable bonds is 10. The number of nitrogens with one attached hydrogen (secondary N) is 1. The second-order valence-corrected chi connectivity index (χ2v) is 7.54. The van der Waals surface area contributed by atoms with Gasteiger partial charge in [0, 0.05) is 17.8 Å². The van der Waals surface area contributed by atoms with Crippen LogP contribution in [0.4, 0.5) is 0 Å². The van der Waals surface area contributed by atoms with Gasteiger partial charge in [-0.15, -0.1) is 0 Å². The number of nitrogens with zero attached hydrogens (tertiary/aromatic N) is 2. The van der Waals surface area contributed by atoms with Gasteiger partial charge in [0.15, 0.2) is 0 Å². The van der Waals surface area contributed by atoms with E-state index in [1.807, 2.05) is 49.4 Å². The van der Waals surface area contributed by atoms with Gasteiger partial charge in [0.2, 0.25) is 0 Å². The molecule has 3 aromatic rings. The molecule has 0 radical (unpaired) electrons. The van der Waals surface area contributed by atoms with E-state index in [0.717, 1.165) is 48.2 Å². The average molecular weight is 418 g/mol. The van der Waals surface area contributed by atoms with Gasteiger partial charge in [-0.3, -0.25) is 4.79 Å². The van der Waals surface area contributed by atoms with E-state index in [0.29, 0.717) is 17.2 Å². The van der Waals surface area contributed by atoms with Crippen molar-refractivity contribution in [3.8, 4) is 16.9 Å². The maximum atomic E-state index is 12.7. The van der Waals surface area contributed by atoms with E-state index in [2.05, 4.69) is 41.2 Å². The van der Waals surface area contributed by atoms with Gasteiger partial charge in [-0.1, -0.05) is 57.6 Å². The lowest BCUT2D eigenvalue weighted by atomic mass is 10.1. The Morgan fingerprint density at radius 1 is 1.23 bits per heavy atom. The van der Waals surface area contributed by atoms with E-state index in [9.17, 15) is 4.79 Å². The highest BCUT2D eigenvalue weighted by molar-refractivity contribution is 5.93. The smallest absolute Gasteiger partial charge is 0.260 e. The van der Waals surface area contributed by atoms with E-state index in [-0.39, 0.29) is 5.56 Å². The van der Waals surface area contributed by atoms with Gasteiger partial charge in [-0.25, -0.2) is 4.98 Å². The first-order chi connectivity index (χ1) is 15.1. The summed E-state index contributed by atoms with van der Waals surface area (Å²) >= 11 is 0. The van der Waals surface area contributed by atoms with E-state index >= 15 is 0 Å². The molecule has 3 rings (SSSR count). The quantitative estimate of drug-likeness (QED) is 0.300. The van der Waals surface area contributed by atoms with Crippen molar-refractivity contribution in [1.29, 1.82) is 0 Å². The van der Waals surface area contributed by atoms with Crippen LogP contribution in [0.15, 0.2) is 78.2 Å². The van der Waals surface area contributed by atoms with Crippen molar-refractivity contribution in [2.75, 3.05) is 0 Å². The number of allylic oxidation sites excluding steroid dienone is 4. The minimum Gasteiger partial charge on any atom is -0.457 e. The lowest BCUT2D eigenvalue weighted by Crippen LogP contribution is -2.11. The Morgan fingerprint density at radius 2 is 1.94 bits per heavy atom. The van der Waals surface area contributed by atoms with Crippen molar-refractivity contribution in [3.63, 3.8) is 0 Å². The fraction of sp³-hybridized carbons (Fsp3) is 0.308. The SMILES string of the molecule is C=C/C=C(\C=C/C)Oc1ccc(-c2cn(C(CCC)CCC)c3nc[nH]c(=O)c23)cc1. The second-order valence-electron chi connectivity index (χ2n) is 7.54. The molecule has 0 saturated heterocycles. The first kappa shape index (κ1) is 22.3. The molecule has 1 N–H and O–H groups in total. The normalized spacial score (nSPS) is 12.2. The second kappa shape index (κ2) is 10.6. The predicted octanol–water partition coefficient (Wildman–Crippen LogP) is 6.56. The zero-order valence-electron chi connectivity index (χ0n) is 18.6. The van der Waals surface area contributed by atoms with Gasteiger partial charge in [-0.05, 0) is 49.6 Å². The summed E-state index contributed by atoms with van der Waals surface area (Å²) in [6, 6.07) is 8.13. The van der Waals surface area contributed by atoms with Crippen LogP contribution >= 0.6 is 0 Å². The van der Waals surface area contributed by atoms with Gasteiger partial charge in [-0.2, -0.15) is 0 Å².